The molecule has 0 aliphatic carbocycles. The van der Waals surface area contributed by atoms with Gasteiger partial charge in [0.25, 0.3) is 6.72 Å². The van der Waals surface area contributed by atoms with E-state index in [1.807, 2.05) is 58.0 Å². The van der Waals surface area contributed by atoms with Crippen molar-refractivity contribution < 1.29 is 4.79 Å². The molecular weight excluding hydrogens is 398 g/mol. The number of hydrogen-bond acceptors (Lipinski definition) is 3. The van der Waals surface area contributed by atoms with E-state index in [0.29, 0.717) is 11.3 Å². The predicted molar refractivity (Wildman–Crippen MR) is 135 cm³/mol. The van der Waals surface area contributed by atoms with Gasteiger partial charge in [0.15, 0.2) is 0 Å². The Morgan fingerprint density at radius 3 is 2.69 bits per heavy atom. The van der Waals surface area contributed by atoms with Crippen LogP contribution in [0.4, 0.5) is 5.69 Å². The zero-order valence-electron chi connectivity index (χ0n) is 19.1. The molecule has 1 atom stereocenters. The molecule has 0 bridgehead atoms. The van der Waals surface area contributed by atoms with Gasteiger partial charge in [-0.2, -0.15) is 0 Å². The second-order valence-corrected chi connectivity index (χ2v) is 7.68. The van der Waals surface area contributed by atoms with Crippen molar-refractivity contribution in [2.75, 3.05) is 5.32 Å². The van der Waals surface area contributed by atoms with Crippen LogP contribution in [0.1, 0.15) is 39.3 Å². The third kappa shape index (κ3) is 6.73. The zero-order chi connectivity index (χ0) is 23.7. The fraction of sp³-hybridized carbons (Fsp3) is 0.231. The summed E-state index contributed by atoms with van der Waals surface area (Å²) in [6.07, 6.45) is 12.6. The van der Waals surface area contributed by atoms with Gasteiger partial charge in [-0.3, -0.25) is 4.79 Å². The van der Waals surface area contributed by atoms with Gasteiger partial charge >= 0.3 is 11.6 Å². The number of terminal acetylenes is 1. The second kappa shape index (κ2) is 11.4. The maximum absolute atomic E-state index is 12.7. The third-order valence-electron chi connectivity index (χ3n) is 4.77. The number of carbonyl (C=O) groups is 1. The number of amidine groups is 1. The first-order chi connectivity index (χ1) is 15.2. The molecule has 0 fully saturated rings. The number of rotatable bonds is 8. The van der Waals surface area contributed by atoms with Gasteiger partial charge in [0.05, 0.1) is 0 Å². The van der Waals surface area contributed by atoms with Crippen molar-refractivity contribution in [3.05, 3.63) is 77.8 Å². The first kappa shape index (κ1) is 24.2. The number of benzene rings is 1. The minimum Gasteiger partial charge on any atom is -0.381 e. The maximum atomic E-state index is 12.7. The molecule has 3 N–H and O–H groups in total. The number of hydrogen-bond donors (Lipinski definition) is 3. The SMILES string of the molecule is C#C/C(=C\C(=[N+]=C)C(=O)Nc1cccc([C@H](C)N/C(C)=C/N=C2NC=CC2=C)c1)C(C)C. The van der Waals surface area contributed by atoms with E-state index in [2.05, 4.69) is 44.8 Å². The number of amides is 1. The highest BCUT2D eigenvalue weighted by atomic mass is 16.1. The van der Waals surface area contributed by atoms with E-state index in [1.165, 1.54) is 0 Å². The molecule has 0 unspecified atom stereocenters. The van der Waals surface area contributed by atoms with Crippen molar-refractivity contribution >= 4 is 29.9 Å². The monoisotopic (exact) mass is 428 g/mol. The van der Waals surface area contributed by atoms with Gasteiger partial charge in [-0.05, 0) is 43.5 Å². The minimum atomic E-state index is -0.365. The number of nitrogens with one attached hydrogen (secondary N) is 3. The molecule has 2 rings (SSSR count). The van der Waals surface area contributed by atoms with Crippen molar-refractivity contribution in [1.29, 1.82) is 0 Å². The first-order valence-corrected chi connectivity index (χ1v) is 10.3. The Kier molecular flexibility index (Phi) is 8.59. The smallest absolute Gasteiger partial charge is 0.381 e. The number of aliphatic imine (C=N–C) groups is 1. The molecule has 1 aliphatic rings. The lowest BCUT2D eigenvalue weighted by Crippen LogP contribution is -2.24. The number of carbonyl (C=O) groups excluding carboxylic acids is 1. The lowest BCUT2D eigenvalue weighted by Gasteiger charge is -2.16. The number of nitrogens with zero attached hydrogens (tertiary/aromatic N) is 2. The standard InChI is InChI=1S/C26H29N5O/c1-8-21(17(2)3)15-24(27-7)26(32)31-23-11-9-10-22(14-23)20(6)30-19(5)16-29-25-18(4)12-13-28-25/h1,9-17,20,31-32H,4,7H2,2-3,5-6H3/p+1/b21-15+/t20-/m0/s1. The van der Waals surface area contributed by atoms with Crippen molar-refractivity contribution in [2.24, 2.45) is 10.9 Å². The Balaban J connectivity index is 2.09. The van der Waals surface area contributed by atoms with Crippen LogP contribution in [-0.4, -0.2) is 24.2 Å². The molecule has 1 heterocycles. The quantitative estimate of drug-likeness (QED) is 0.336. The van der Waals surface area contributed by atoms with Crippen LogP contribution in [0.2, 0.25) is 0 Å². The molecule has 32 heavy (non-hydrogen) atoms. The summed E-state index contributed by atoms with van der Waals surface area (Å²) in [4.78, 5) is 17.1. The van der Waals surface area contributed by atoms with Crippen LogP contribution < -0.4 is 20.6 Å². The molecular formula is C26H30N5O+. The summed E-state index contributed by atoms with van der Waals surface area (Å²) in [5.74, 6) is 3.07. The van der Waals surface area contributed by atoms with Gasteiger partial charge in [0.2, 0.25) is 0 Å². The van der Waals surface area contributed by atoms with Crippen molar-refractivity contribution in [2.45, 2.75) is 33.7 Å². The summed E-state index contributed by atoms with van der Waals surface area (Å²) in [5, 5.41) is 9.29. The van der Waals surface area contributed by atoms with E-state index < -0.39 is 0 Å². The molecule has 0 saturated carbocycles. The van der Waals surface area contributed by atoms with Crippen LogP contribution in [0.15, 0.2) is 77.2 Å². The Hall–Kier alpha value is -4.07. The van der Waals surface area contributed by atoms with Crippen LogP contribution in [0.5, 0.6) is 0 Å². The maximum Gasteiger partial charge on any atom is 0.391 e. The van der Waals surface area contributed by atoms with Crippen LogP contribution in [0.3, 0.4) is 0 Å². The minimum absolute atomic E-state index is 0.00368. The Bertz CT molecular complexity index is 1110. The van der Waals surface area contributed by atoms with Crippen LogP contribution >= 0.6 is 0 Å². The summed E-state index contributed by atoms with van der Waals surface area (Å²) in [6.45, 7) is 15.3. The van der Waals surface area contributed by atoms with Crippen LogP contribution in [0.25, 0.3) is 0 Å². The molecule has 1 aromatic carbocycles. The number of allylic oxidation sites excluding steroid dienone is 2. The van der Waals surface area contributed by atoms with Gasteiger partial charge < -0.3 is 16.0 Å². The van der Waals surface area contributed by atoms with Gasteiger partial charge in [-0.1, -0.05) is 43.1 Å². The van der Waals surface area contributed by atoms with Crippen molar-refractivity contribution in [1.82, 2.24) is 15.3 Å². The summed E-state index contributed by atoms with van der Waals surface area (Å²) in [6, 6.07) is 7.60. The fourth-order valence-electron chi connectivity index (χ4n) is 2.92. The average molecular weight is 429 g/mol. The number of anilines is 1. The van der Waals surface area contributed by atoms with Crippen LogP contribution in [0, 0.1) is 18.3 Å². The van der Waals surface area contributed by atoms with E-state index >= 15 is 0 Å². The van der Waals surface area contributed by atoms with E-state index in [4.69, 9.17) is 6.42 Å². The third-order valence-corrected chi connectivity index (χ3v) is 4.77. The zero-order valence-corrected chi connectivity index (χ0v) is 19.1. The van der Waals surface area contributed by atoms with Gasteiger partial charge in [0.1, 0.15) is 5.84 Å². The van der Waals surface area contributed by atoms with Crippen molar-refractivity contribution in [3.63, 3.8) is 0 Å². The van der Waals surface area contributed by atoms with E-state index in [-0.39, 0.29) is 23.6 Å². The molecule has 0 radical (unpaired) electrons. The Morgan fingerprint density at radius 2 is 2.09 bits per heavy atom. The highest BCUT2D eigenvalue weighted by Gasteiger charge is 2.20. The molecule has 0 saturated heterocycles. The lowest BCUT2D eigenvalue weighted by atomic mass is 10.0. The molecule has 164 valence electrons. The highest BCUT2D eigenvalue weighted by Crippen LogP contribution is 2.19. The van der Waals surface area contributed by atoms with Gasteiger partial charge in [-0.15, -0.1) is 6.42 Å². The molecule has 1 aliphatic heterocycles. The molecule has 0 spiro atoms. The molecule has 1 amide bonds. The average Bonchev–Trinajstić information content (AvgIpc) is 3.17. The van der Waals surface area contributed by atoms with Gasteiger partial charge in [0, 0.05) is 47.0 Å². The Labute approximate surface area is 190 Å². The molecule has 0 aromatic heterocycles. The largest absolute Gasteiger partial charge is 0.391 e. The van der Waals surface area contributed by atoms with Crippen molar-refractivity contribution in [3.8, 4) is 12.3 Å². The molecule has 1 aromatic rings. The summed E-state index contributed by atoms with van der Waals surface area (Å²) < 4.78 is 3.84. The predicted octanol–water partition coefficient (Wildman–Crippen LogP) is 3.63. The fourth-order valence-corrected chi connectivity index (χ4v) is 2.92. The van der Waals surface area contributed by atoms with Crippen LogP contribution in [-0.2, 0) is 4.79 Å². The summed E-state index contributed by atoms with van der Waals surface area (Å²) in [5.41, 5.74) is 4.26. The van der Waals surface area contributed by atoms with Gasteiger partial charge in [-0.25, -0.2) is 4.99 Å². The van der Waals surface area contributed by atoms with E-state index in [1.54, 1.807) is 18.5 Å². The highest BCUT2D eigenvalue weighted by molar-refractivity contribution is 6.47. The van der Waals surface area contributed by atoms with E-state index in [9.17, 15) is 4.79 Å². The van der Waals surface area contributed by atoms with E-state index in [0.717, 1.165) is 22.7 Å². The second-order valence-electron chi connectivity index (χ2n) is 7.68. The molecule has 6 nitrogen and oxygen atoms in total. The lowest BCUT2D eigenvalue weighted by molar-refractivity contribution is -0.110. The Morgan fingerprint density at radius 1 is 1.34 bits per heavy atom. The summed E-state index contributed by atoms with van der Waals surface area (Å²) in [7, 11) is 0. The first-order valence-electron chi connectivity index (χ1n) is 10.3. The molecule has 6 heteroatoms. The normalized spacial score (nSPS) is 15.8. The topological polar surface area (TPSA) is 79.6 Å². The summed E-state index contributed by atoms with van der Waals surface area (Å²) >= 11 is 0.